The minimum atomic E-state index is 0.125. The van der Waals surface area contributed by atoms with E-state index in [1.807, 2.05) is 0 Å². The van der Waals surface area contributed by atoms with Crippen LogP contribution in [0.2, 0.25) is 0 Å². The van der Waals surface area contributed by atoms with E-state index in [1.54, 1.807) is 11.3 Å². The summed E-state index contributed by atoms with van der Waals surface area (Å²) < 4.78 is 0. The van der Waals surface area contributed by atoms with E-state index >= 15 is 0 Å². The molecule has 0 aliphatic rings. The van der Waals surface area contributed by atoms with Gasteiger partial charge in [0.1, 0.15) is 10.7 Å². The maximum atomic E-state index is 9.16. The second kappa shape index (κ2) is 6.65. The van der Waals surface area contributed by atoms with Gasteiger partial charge in [-0.3, -0.25) is 4.90 Å². The van der Waals surface area contributed by atoms with E-state index in [0.717, 1.165) is 16.0 Å². The van der Waals surface area contributed by atoms with Crippen molar-refractivity contribution in [3.05, 3.63) is 16.3 Å². The Bertz CT molecular complexity index is 625. The fraction of sp³-hybridized carbons (Fsp3) is 0.571. The smallest absolute Gasteiger partial charge is 0.152 e. The first kappa shape index (κ1) is 16.1. The number of nitrogens with one attached hydrogen (secondary N) is 1. The average molecular weight is 309 g/mol. The van der Waals surface area contributed by atoms with Gasteiger partial charge in [0.25, 0.3) is 0 Å². The molecule has 0 spiro atoms. The molecular formula is C14H23N5OS. The standard InChI is InChI=1S/C14H23N5OS/c1-8(2)19(5-6-20)7-11-16-13(18-15)12-9(3)10(4)21-14(12)17-11/h8,20H,5-7,15H2,1-4H3,(H,16,17,18). The number of nitrogens with two attached hydrogens (primary N) is 1. The maximum Gasteiger partial charge on any atom is 0.152 e. The molecule has 0 saturated carbocycles. The molecule has 0 aromatic carbocycles. The predicted octanol–water partition coefficient (Wildman–Crippen LogP) is 1.80. The highest BCUT2D eigenvalue weighted by molar-refractivity contribution is 7.18. The summed E-state index contributed by atoms with van der Waals surface area (Å²) in [7, 11) is 0. The number of aromatic nitrogens is 2. The largest absolute Gasteiger partial charge is 0.395 e. The normalized spacial score (nSPS) is 11.8. The first-order valence-electron chi connectivity index (χ1n) is 7.06. The fourth-order valence-electron chi connectivity index (χ4n) is 2.30. The molecule has 116 valence electrons. The Morgan fingerprint density at radius 3 is 2.62 bits per heavy atom. The van der Waals surface area contributed by atoms with E-state index in [4.69, 9.17) is 10.9 Å². The predicted molar refractivity (Wildman–Crippen MR) is 87.3 cm³/mol. The molecule has 0 radical (unpaired) electrons. The van der Waals surface area contributed by atoms with Crippen LogP contribution < -0.4 is 11.3 Å². The zero-order chi connectivity index (χ0) is 15.6. The topological polar surface area (TPSA) is 87.3 Å². The lowest BCUT2D eigenvalue weighted by Gasteiger charge is -2.24. The van der Waals surface area contributed by atoms with Crippen LogP contribution in [0.25, 0.3) is 10.2 Å². The lowest BCUT2D eigenvalue weighted by atomic mass is 10.2. The van der Waals surface area contributed by atoms with Crippen LogP contribution in [0.3, 0.4) is 0 Å². The van der Waals surface area contributed by atoms with Gasteiger partial charge < -0.3 is 10.5 Å². The van der Waals surface area contributed by atoms with E-state index < -0.39 is 0 Å². The van der Waals surface area contributed by atoms with Crippen LogP contribution in [-0.2, 0) is 6.54 Å². The van der Waals surface area contributed by atoms with Gasteiger partial charge in [-0.15, -0.1) is 11.3 Å². The van der Waals surface area contributed by atoms with Crippen molar-refractivity contribution in [1.29, 1.82) is 0 Å². The second-order valence-electron chi connectivity index (χ2n) is 5.38. The first-order valence-corrected chi connectivity index (χ1v) is 7.87. The lowest BCUT2D eigenvalue weighted by Crippen LogP contribution is -2.33. The van der Waals surface area contributed by atoms with Crippen molar-refractivity contribution >= 4 is 27.4 Å². The Morgan fingerprint density at radius 2 is 2.05 bits per heavy atom. The highest BCUT2D eigenvalue weighted by Crippen LogP contribution is 2.33. The Kier molecular flexibility index (Phi) is 5.10. The molecular weight excluding hydrogens is 286 g/mol. The first-order chi connectivity index (χ1) is 9.97. The molecule has 0 amide bonds. The molecule has 0 aliphatic heterocycles. The number of hydrazine groups is 1. The van der Waals surface area contributed by atoms with Crippen molar-refractivity contribution in [2.24, 2.45) is 5.84 Å². The van der Waals surface area contributed by atoms with Gasteiger partial charge in [-0.2, -0.15) is 0 Å². The van der Waals surface area contributed by atoms with Crippen LogP contribution in [0.15, 0.2) is 0 Å². The zero-order valence-electron chi connectivity index (χ0n) is 13.0. The second-order valence-corrected chi connectivity index (χ2v) is 6.59. The number of aryl methyl sites for hydroxylation is 2. The average Bonchev–Trinajstić information content (AvgIpc) is 2.72. The van der Waals surface area contributed by atoms with Gasteiger partial charge in [-0.25, -0.2) is 15.8 Å². The molecule has 0 aliphatic carbocycles. The number of thiophene rings is 1. The van der Waals surface area contributed by atoms with Crippen molar-refractivity contribution in [2.45, 2.75) is 40.3 Å². The van der Waals surface area contributed by atoms with Crippen molar-refractivity contribution in [2.75, 3.05) is 18.6 Å². The summed E-state index contributed by atoms with van der Waals surface area (Å²) in [6.45, 7) is 9.65. The van der Waals surface area contributed by atoms with E-state index in [1.165, 1.54) is 10.4 Å². The number of fused-ring (bicyclic) bond motifs is 1. The minimum Gasteiger partial charge on any atom is -0.395 e. The summed E-state index contributed by atoms with van der Waals surface area (Å²) in [4.78, 5) is 13.5. The zero-order valence-corrected chi connectivity index (χ0v) is 13.8. The Hall–Kier alpha value is -1.28. The molecule has 2 rings (SSSR count). The molecule has 0 saturated heterocycles. The van der Waals surface area contributed by atoms with E-state index in [-0.39, 0.29) is 6.61 Å². The van der Waals surface area contributed by atoms with Crippen molar-refractivity contribution in [3.8, 4) is 0 Å². The van der Waals surface area contributed by atoms with Gasteiger partial charge in [0.2, 0.25) is 0 Å². The molecule has 4 N–H and O–H groups in total. The van der Waals surface area contributed by atoms with Gasteiger partial charge >= 0.3 is 0 Å². The van der Waals surface area contributed by atoms with E-state index in [2.05, 4.69) is 48.0 Å². The summed E-state index contributed by atoms with van der Waals surface area (Å²) in [6, 6.07) is 0.317. The van der Waals surface area contributed by atoms with E-state index in [0.29, 0.717) is 24.9 Å². The fourth-order valence-corrected chi connectivity index (χ4v) is 3.35. The van der Waals surface area contributed by atoms with Crippen LogP contribution in [0.5, 0.6) is 0 Å². The van der Waals surface area contributed by atoms with Crippen LogP contribution in [0.1, 0.15) is 30.1 Å². The Morgan fingerprint density at radius 1 is 1.33 bits per heavy atom. The van der Waals surface area contributed by atoms with Crippen molar-refractivity contribution < 1.29 is 5.11 Å². The summed E-state index contributed by atoms with van der Waals surface area (Å²) in [5, 5.41) is 10.2. The molecule has 0 bridgehead atoms. The summed E-state index contributed by atoms with van der Waals surface area (Å²) in [6.07, 6.45) is 0. The highest BCUT2D eigenvalue weighted by Gasteiger charge is 2.16. The van der Waals surface area contributed by atoms with Crippen LogP contribution >= 0.6 is 11.3 Å². The monoisotopic (exact) mass is 309 g/mol. The third kappa shape index (κ3) is 3.32. The lowest BCUT2D eigenvalue weighted by molar-refractivity contribution is 0.156. The van der Waals surface area contributed by atoms with Gasteiger partial charge in [0, 0.05) is 17.5 Å². The summed E-state index contributed by atoms with van der Waals surface area (Å²) in [5.41, 5.74) is 3.86. The molecule has 2 aromatic heterocycles. The molecule has 0 fully saturated rings. The summed E-state index contributed by atoms with van der Waals surface area (Å²) in [5.74, 6) is 7.02. The molecule has 2 aromatic rings. The molecule has 7 heteroatoms. The van der Waals surface area contributed by atoms with Gasteiger partial charge in [0.15, 0.2) is 5.82 Å². The Labute approximate surface area is 129 Å². The van der Waals surface area contributed by atoms with Crippen LogP contribution in [-0.4, -0.2) is 39.2 Å². The third-order valence-corrected chi connectivity index (χ3v) is 4.77. The quantitative estimate of drug-likeness (QED) is 0.557. The highest BCUT2D eigenvalue weighted by atomic mass is 32.1. The van der Waals surface area contributed by atoms with E-state index in [9.17, 15) is 0 Å². The summed E-state index contributed by atoms with van der Waals surface area (Å²) >= 11 is 1.66. The van der Waals surface area contributed by atoms with Gasteiger partial charge in [0.05, 0.1) is 18.5 Å². The molecule has 0 atom stereocenters. The molecule has 0 unspecified atom stereocenters. The van der Waals surface area contributed by atoms with Gasteiger partial charge in [-0.1, -0.05) is 0 Å². The number of aliphatic hydroxyl groups is 1. The SMILES string of the molecule is Cc1sc2nc(CN(CCO)C(C)C)nc(NN)c2c1C. The molecule has 2 heterocycles. The van der Waals surface area contributed by atoms with Crippen LogP contribution in [0.4, 0.5) is 5.82 Å². The number of aliphatic hydroxyl groups excluding tert-OH is 1. The number of rotatable bonds is 6. The molecule has 21 heavy (non-hydrogen) atoms. The number of nitrogens with zero attached hydrogens (tertiary/aromatic N) is 3. The molecule has 6 nitrogen and oxygen atoms in total. The number of nitrogen functional groups attached to an aromatic ring is 1. The Balaban J connectivity index is 2.41. The third-order valence-electron chi connectivity index (χ3n) is 3.67. The van der Waals surface area contributed by atoms with Crippen molar-refractivity contribution in [3.63, 3.8) is 0 Å². The van der Waals surface area contributed by atoms with Crippen molar-refractivity contribution in [1.82, 2.24) is 14.9 Å². The van der Waals surface area contributed by atoms with Gasteiger partial charge in [-0.05, 0) is 33.3 Å². The number of hydrogen-bond acceptors (Lipinski definition) is 7. The van der Waals surface area contributed by atoms with Crippen LogP contribution in [0, 0.1) is 13.8 Å². The minimum absolute atomic E-state index is 0.125. The maximum absolute atomic E-state index is 9.16. The number of anilines is 1. The number of hydrogen-bond donors (Lipinski definition) is 3.